The second kappa shape index (κ2) is 6.57. The van der Waals surface area contributed by atoms with Gasteiger partial charge < -0.3 is 9.72 Å². The number of halogens is 3. The Hall–Kier alpha value is -1.85. The van der Waals surface area contributed by atoms with E-state index in [4.69, 9.17) is 16.3 Å². The second-order valence-corrected chi connectivity index (χ2v) is 6.81. The molecular weight excluding hydrogens is 397 g/mol. The van der Waals surface area contributed by atoms with E-state index in [0.717, 1.165) is 0 Å². The topological polar surface area (TPSA) is 42.1 Å². The minimum Gasteiger partial charge on any atom is -0.496 e. The van der Waals surface area contributed by atoms with Crippen molar-refractivity contribution < 1.29 is 13.9 Å². The fraction of sp³-hybridized carbons (Fsp3) is 0.167. The first-order valence-electron chi connectivity index (χ1n) is 7.21. The Balaban J connectivity index is 2.04. The first kappa shape index (κ1) is 17.0. The number of aromatic amines is 1. The Morgan fingerprint density at radius 1 is 1.33 bits per heavy atom. The fourth-order valence-electron chi connectivity index (χ4n) is 2.63. The molecule has 2 aromatic carbocycles. The molecule has 3 aromatic rings. The molecule has 1 aromatic heterocycles. The van der Waals surface area contributed by atoms with Crippen LogP contribution in [0.15, 0.2) is 36.5 Å². The molecule has 1 atom stereocenters. The number of rotatable bonds is 4. The molecule has 3 nitrogen and oxygen atoms in total. The second-order valence-electron chi connectivity index (χ2n) is 5.46. The highest BCUT2D eigenvalue weighted by Gasteiger charge is 2.25. The average molecular weight is 411 g/mol. The van der Waals surface area contributed by atoms with Crippen LogP contribution in [-0.4, -0.2) is 17.9 Å². The molecule has 0 saturated carbocycles. The number of carbonyl (C=O) groups excluding carboxylic acids is 1. The molecule has 0 spiro atoms. The van der Waals surface area contributed by atoms with Crippen LogP contribution in [-0.2, 0) is 0 Å². The van der Waals surface area contributed by atoms with Gasteiger partial charge in [-0.15, -0.1) is 0 Å². The number of hydrogen-bond acceptors (Lipinski definition) is 2. The van der Waals surface area contributed by atoms with Crippen molar-refractivity contribution in [3.63, 3.8) is 0 Å². The highest BCUT2D eigenvalue weighted by atomic mass is 79.9. The zero-order valence-electron chi connectivity index (χ0n) is 13.0. The number of benzene rings is 2. The predicted molar refractivity (Wildman–Crippen MR) is 97.0 cm³/mol. The van der Waals surface area contributed by atoms with Gasteiger partial charge in [-0.3, -0.25) is 4.79 Å². The van der Waals surface area contributed by atoms with Crippen LogP contribution < -0.4 is 4.74 Å². The summed E-state index contributed by atoms with van der Waals surface area (Å²) >= 11 is 9.42. The summed E-state index contributed by atoms with van der Waals surface area (Å²) in [5.41, 5.74) is 2.25. The molecule has 24 heavy (non-hydrogen) atoms. The number of ether oxygens (including phenoxy) is 1. The van der Waals surface area contributed by atoms with E-state index in [1.807, 2.05) is 0 Å². The van der Waals surface area contributed by atoms with Crippen molar-refractivity contribution >= 4 is 44.2 Å². The smallest absolute Gasteiger partial charge is 0.183 e. The standard InChI is InChI=1S/C18H14BrClFNO2/c1-9-5-12-13(8-22-15(12)7-14(9)21)18(23)17(19)11-4-3-10(20)6-16(11)24-2/h3-8,17,22H,1-2H3. The molecule has 0 aliphatic rings. The zero-order valence-corrected chi connectivity index (χ0v) is 15.3. The lowest BCUT2D eigenvalue weighted by Crippen LogP contribution is -2.08. The number of fused-ring (bicyclic) bond motifs is 1. The van der Waals surface area contributed by atoms with Crippen molar-refractivity contribution in [3.05, 3.63) is 64.1 Å². The van der Waals surface area contributed by atoms with E-state index in [9.17, 15) is 9.18 Å². The summed E-state index contributed by atoms with van der Waals surface area (Å²) in [5.74, 6) is 0.0748. The van der Waals surface area contributed by atoms with E-state index in [2.05, 4.69) is 20.9 Å². The minimum atomic E-state index is -0.603. The number of Topliss-reactive ketones (excluding diaryl/α,β-unsaturated/α-hetero) is 1. The lowest BCUT2D eigenvalue weighted by Gasteiger charge is -2.13. The molecule has 0 amide bonds. The molecule has 0 saturated heterocycles. The maximum atomic E-state index is 13.7. The van der Waals surface area contributed by atoms with E-state index >= 15 is 0 Å². The van der Waals surface area contributed by atoms with Crippen molar-refractivity contribution in [1.29, 1.82) is 0 Å². The first-order valence-corrected chi connectivity index (χ1v) is 8.50. The van der Waals surface area contributed by atoms with Crippen LogP contribution in [0.5, 0.6) is 5.75 Å². The molecule has 0 fully saturated rings. The number of aryl methyl sites for hydroxylation is 1. The van der Waals surface area contributed by atoms with Gasteiger partial charge in [-0.25, -0.2) is 4.39 Å². The van der Waals surface area contributed by atoms with E-state index in [-0.39, 0.29) is 11.6 Å². The quantitative estimate of drug-likeness (QED) is 0.449. The third-order valence-corrected chi connectivity index (χ3v) is 5.07. The summed E-state index contributed by atoms with van der Waals surface area (Å²) in [6.07, 6.45) is 1.60. The van der Waals surface area contributed by atoms with Gasteiger partial charge in [0, 0.05) is 33.2 Å². The molecule has 1 N–H and O–H groups in total. The Morgan fingerprint density at radius 3 is 2.79 bits per heavy atom. The van der Waals surface area contributed by atoms with Crippen LogP contribution in [0.4, 0.5) is 4.39 Å². The molecule has 1 heterocycles. The van der Waals surface area contributed by atoms with Crippen LogP contribution in [0, 0.1) is 12.7 Å². The van der Waals surface area contributed by atoms with Gasteiger partial charge in [-0.2, -0.15) is 0 Å². The molecule has 0 bridgehead atoms. The van der Waals surface area contributed by atoms with Crippen molar-refractivity contribution in [2.24, 2.45) is 0 Å². The molecule has 124 valence electrons. The number of H-pyrrole nitrogens is 1. The lowest BCUT2D eigenvalue weighted by atomic mass is 10.0. The SMILES string of the molecule is COc1cc(Cl)ccc1C(Br)C(=O)c1c[nH]c2cc(F)c(C)cc12. The van der Waals surface area contributed by atoms with Gasteiger partial charge in [0.05, 0.1) is 7.11 Å². The summed E-state index contributed by atoms with van der Waals surface area (Å²) in [6.45, 7) is 1.67. The number of ketones is 1. The third-order valence-electron chi connectivity index (χ3n) is 3.93. The predicted octanol–water partition coefficient (Wildman–Crippen LogP) is 5.60. The Kier molecular flexibility index (Phi) is 4.65. The molecule has 3 rings (SSSR count). The minimum absolute atomic E-state index is 0.145. The van der Waals surface area contributed by atoms with Gasteiger partial charge in [-0.05, 0) is 36.8 Å². The summed E-state index contributed by atoms with van der Waals surface area (Å²) in [4.78, 5) is 15.3. The molecule has 6 heteroatoms. The maximum Gasteiger partial charge on any atom is 0.183 e. The zero-order chi connectivity index (χ0) is 17.4. The fourth-order valence-corrected chi connectivity index (χ4v) is 3.41. The van der Waals surface area contributed by atoms with Gasteiger partial charge >= 0.3 is 0 Å². The molecule has 0 aliphatic carbocycles. The first-order chi connectivity index (χ1) is 11.4. The summed E-state index contributed by atoms with van der Waals surface area (Å²) in [7, 11) is 1.52. The molecule has 0 aliphatic heterocycles. The van der Waals surface area contributed by atoms with Crippen LogP contribution >= 0.6 is 27.5 Å². The number of alkyl halides is 1. The number of aromatic nitrogens is 1. The van der Waals surface area contributed by atoms with E-state index in [1.54, 1.807) is 37.4 Å². The van der Waals surface area contributed by atoms with Crippen molar-refractivity contribution in [3.8, 4) is 5.75 Å². The van der Waals surface area contributed by atoms with E-state index in [1.165, 1.54) is 13.2 Å². The maximum absolute atomic E-state index is 13.7. The van der Waals surface area contributed by atoms with Gasteiger partial charge in [0.15, 0.2) is 5.78 Å². The van der Waals surface area contributed by atoms with Gasteiger partial charge in [0.1, 0.15) is 16.4 Å². The number of carbonyl (C=O) groups is 1. The van der Waals surface area contributed by atoms with Crippen molar-refractivity contribution in [1.82, 2.24) is 4.98 Å². The highest BCUT2D eigenvalue weighted by molar-refractivity contribution is 9.09. The van der Waals surface area contributed by atoms with Gasteiger partial charge in [-0.1, -0.05) is 33.6 Å². The van der Waals surface area contributed by atoms with Gasteiger partial charge in [0.2, 0.25) is 0 Å². The molecule has 0 radical (unpaired) electrons. The number of nitrogens with one attached hydrogen (secondary N) is 1. The van der Waals surface area contributed by atoms with Crippen molar-refractivity contribution in [2.45, 2.75) is 11.8 Å². The van der Waals surface area contributed by atoms with Crippen LogP contribution in [0.2, 0.25) is 5.02 Å². The lowest BCUT2D eigenvalue weighted by molar-refractivity contribution is 0.0992. The highest BCUT2D eigenvalue weighted by Crippen LogP contribution is 2.37. The summed E-state index contributed by atoms with van der Waals surface area (Å²) in [6, 6.07) is 8.18. The summed E-state index contributed by atoms with van der Waals surface area (Å²) < 4.78 is 19.0. The number of hydrogen-bond donors (Lipinski definition) is 1. The summed E-state index contributed by atoms with van der Waals surface area (Å²) in [5, 5.41) is 1.22. The Bertz CT molecular complexity index is 938. The van der Waals surface area contributed by atoms with Crippen molar-refractivity contribution in [2.75, 3.05) is 7.11 Å². The third kappa shape index (κ3) is 2.94. The molecular formula is C18H14BrClFNO2. The van der Waals surface area contributed by atoms with Crippen LogP contribution in [0.3, 0.4) is 0 Å². The van der Waals surface area contributed by atoms with E-state index < -0.39 is 4.83 Å². The van der Waals surface area contributed by atoms with Gasteiger partial charge in [0.25, 0.3) is 0 Å². The average Bonchev–Trinajstić information content (AvgIpc) is 2.96. The number of methoxy groups -OCH3 is 1. The van der Waals surface area contributed by atoms with Crippen LogP contribution in [0.25, 0.3) is 10.9 Å². The van der Waals surface area contributed by atoms with Crippen LogP contribution in [0.1, 0.15) is 26.3 Å². The normalized spacial score (nSPS) is 12.4. The Labute approximate surface area is 151 Å². The van der Waals surface area contributed by atoms with E-state index in [0.29, 0.717) is 38.4 Å². The molecule has 1 unspecified atom stereocenters. The Morgan fingerprint density at radius 2 is 2.08 bits per heavy atom. The largest absolute Gasteiger partial charge is 0.496 e. The monoisotopic (exact) mass is 409 g/mol.